The molecular formula is C16H29BN4O2S2. The van der Waals surface area contributed by atoms with Crippen LogP contribution >= 0.6 is 10.8 Å². The van der Waals surface area contributed by atoms with Crippen LogP contribution in [0.4, 0.5) is 11.4 Å². The minimum atomic E-state index is -2.06. The summed E-state index contributed by atoms with van der Waals surface area (Å²) in [5.74, 6) is 0.674. The smallest absolute Gasteiger partial charge is 0.281 e. The lowest BCUT2D eigenvalue weighted by Gasteiger charge is -2.23. The normalized spacial score (nSPS) is 11.6. The molecular weight excluding hydrogens is 355 g/mol. The van der Waals surface area contributed by atoms with Crippen molar-refractivity contribution in [1.29, 1.82) is 5.41 Å². The lowest BCUT2D eigenvalue weighted by Crippen LogP contribution is -2.32. The first kappa shape index (κ1) is 21.6. The van der Waals surface area contributed by atoms with Gasteiger partial charge in [0.1, 0.15) is 6.61 Å². The number of benzene rings is 1. The Kier molecular flexibility index (Phi) is 9.66. The quantitative estimate of drug-likeness (QED) is 0.135. The van der Waals surface area contributed by atoms with Gasteiger partial charge >= 0.3 is 0 Å². The molecule has 2 N–H and O–H groups in total. The van der Waals surface area contributed by atoms with E-state index in [1.807, 2.05) is 30.5 Å². The van der Waals surface area contributed by atoms with E-state index in [0.717, 1.165) is 24.3 Å². The monoisotopic (exact) mass is 384 g/mol. The van der Waals surface area contributed by atoms with Crippen LogP contribution in [0.1, 0.15) is 13.3 Å². The van der Waals surface area contributed by atoms with E-state index in [-0.39, 0.29) is 6.02 Å². The molecule has 1 aromatic rings. The molecule has 0 saturated heterocycles. The van der Waals surface area contributed by atoms with Crippen molar-refractivity contribution in [3.63, 3.8) is 0 Å². The van der Waals surface area contributed by atoms with E-state index >= 15 is 0 Å². The molecule has 1 aromatic carbocycles. The average Bonchev–Trinajstić information content (AvgIpc) is 2.62. The van der Waals surface area contributed by atoms with E-state index in [4.69, 9.17) is 10.1 Å². The maximum atomic E-state index is 11.9. The van der Waals surface area contributed by atoms with Gasteiger partial charge in [-0.1, -0.05) is 8.82 Å². The van der Waals surface area contributed by atoms with E-state index in [0.29, 0.717) is 25.4 Å². The van der Waals surface area contributed by atoms with Crippen LogP contribution in [0.15, 0.2) is 29.3 Å². The molecule has 0 aromatic heterocycles. The Bertz CT molecular complexity index is 598. The summed E-state index contributed by atoms with van der Waals surface area (Å²) in [5.41, 5.74) is 1.94. The lowest BCUT2D eigenvalue weighted by atomic mass is 10.2. The Morgan fingerprint density at radius 3 is 2.72 bits per heavy atom. The fraction of sp³-hybridized carbons (Fsp3) is 0.500. The fourth-order valence-electron chi connectivity index (χ4n) is 2.21. The standard InChI is InChI=1S/C16H29BN4O2S2/c1-4-21(15-8-6-14(19-2)7-9-15)11-12-23-16(18)20-10-5-13-25(17,22)24-3/h6-9,25H,2,4-5,10-13,17H2,1,3H3,(H2,18,20). The first-order valence-electron chi connectivity index (χ1n) is 8.31. The molecule has 1 rings (SSSR count). The van der Waals surface area contributed by atoms with Crippen LogP contribution in [-0.4, -0.2) is 62.3 Å². The van der Waals surface area contributed by atoms with Crippen molar-refractivity contribution >= 4 is 50.8 Å². The van der Waals surface area contributed by atoms with Gasteiger partial charge < -0.3 is 15.0 Å². The number of nitrogens with one attached hydrogen (secondary N) is 2. The number of aliphatic imine (C=N–C) groups is 1. The number of hydrogen-bond acceptors (Lipinski definition) is 6. The third kappa shape index (κ3) is 8.44. The molecule has 0 atom stereocenters. The SMILES string of the molecule is B[SH](=O)(CCCNC(=N)OCCN(CC)c1ccc(N=C)cc1)SC. The Morgan fingerprint density at radius 2 is 2.16 bits per heavy atom. The van der Waals surface area contributed by atoms with Gasteiger partial charge in [0.25, 0.3) is 6.02 Å². The van der Waals surface area contributed by atoms with Gasteiger partial charge in [-0.2, -0.15) is 0 Å². The highest BCUT2D eigenvalue weighted by atomic mass is 33.2. The van der Waals surface area contributed by atoms with Gasteiger partial charge in [-0.25, -0.2) is 0 Å². The minimum absolute atomic E-state index is 0.0670. The van der Waals surface area contributed by atoms with Crippen LogP contribution in [0, 0.1) is 5.41 Å². The summed E-state index contributed by atoms with van der Waals surface area (Å²) >= 11 is 0. The third-order valence-corrected chi connectivity index (χ3v) is 8.57. The molecule has 0 bridgehead atoms. The molecule has 25 heavy (non-hydrogen) atoms. The molecule has 0 saturated carbocycles. The van der Waals surface area contributed by atoms with Crippen LogP contribution in [-0.2, 0) is 13.6 Å². The van der Waals surface area contributed by atoms with E-state index in [1.165, 1.54) is 10.8 Å². The number of nitrogens with zero attached hydrogens (tertiary/aromatic N) is 2. The Morgan fingerprint density at radius 1 is 1.48 bits per heavy atom. The Hall–Kier alpha value is -1.48. The zero-order valence-corrected chi connectivity index (χ0v) is 17.0. The second kappa shape index (κ2) is 11.2. The van der Waals surface area contributed by atoms with Gasteiger partial charge in [0.2, 0.25) is 0 Å². The van der Waals surface area contributed by atoms with Gasteiger partial charge in [0.15, 0.2) is 7.12 Å². The highest BCUT2D eigenvalue weighted by Gasteiger charge is 2.07. The summed E-state index contributed by atoms with van der Waals surface area (Å²) in [6.07, 6.45) is 2.64. The Balaban J connectivity index is 2.28. The van der Waals surface area contributed by atoms with Crippen LogP contribution < -0.4 is 10.2 Å². The van der Waals surface area contributed by atoms with Crippen molar-refractivity contribution in [3.8, 4) is 0 Å². The number of ether oxygens (including phenoxy) is 1. The summed E-state index contributed by atoms with van der Waals surface area (Å²) in [6.45, 7) is 8.17. The molecule has 0 aliphatic heterocycles. The van der Waals surface area contributed by atoms with Gasteiger partial charge in [0.05, 0.1) is 12.2 Å². The molecule has 140 valence electrons. The molecule has 0 radical (unpaired) electrons. The van der Waals surface area contributed by atoms with E-state index in [1.54, 1.807) is 7.12 Å². The summed E-state index contributed by atoms with van der Waals surface area (Å²) in [6, 6.07) is 7.93. The van der Waals surface area contributed by atoms with Crippen LogP contribution in [0.3, 0.4) is 0 Å². The lowest BCUT2D eigenvalue weighted by molar-refractivity contribution is 0.293. The second-order valence-corrected chi connectivity index (χ2v) is 11.9. The minimum Gasteiger partial charge on any atom is -0.464 e. The zero-order valence-electron chi connectivity index (χ0n) is 15.3. The first-order valence-corrected chi connectivity index (χ1v) is 12.5. The highest BCUT2D eigenvalue weighted by molar-refractivity contribution is 8.84. The van der Waals surface area contributed by atoms with E-state index in [9.17, 15) is 4.21 Å². The van der Waals surface area contributed by atoms with Gasteiger partial charge in [-0.15, -0.1) is 10.8 Å². The summed E-state index contributed by atoms with van der Waals surface area (Å²) < 4.78 is 17.3. The summed E-state index contributed by atoms with van der Waals surface area (Å²) in [7, 11) is 1.17. The van der Waals surface area contributed by atoms with Gasteiger partial charge in [-0.05, 0) is 50.6 Å². The fourth-order valence-corrected chi connectivity index (χ4v) is 4.06. The van der Waals surface area contributed by atoms with E-state index in [2.05, 4.69) is 28.9 Å². The van der Waals surface area contributed by atoms with E-state index < -0.39 is 8.82 Å². The van der Waals surface area contributed by atoms with Crippen molar-refractivity contribution in [2.45, 2.75) is 13.3 Å². The largest absolute Gasteiger partial charge is 0.464 e. The van der Waals surface area contributed by atoms with Crippen LogP contribution in [0.25, 0.3) is 0 Å². The number of anilines is 1. The van der Waals surface area contributed by atoms with Crippen molar-refractivity contribution in [2.75, 3.05) is 43.1 Å². The third-order valence-electron chi connectivity index (χ3n) is 3.80. The molecule has 0 aliphatic rings. The zero-order chi connectivity index (χ0) is 18.7. The van der Waals surface area contributed by atoms with Gasteiger partial charge in [0, 0.05) is 24.5 Å². The maximum Gasteiger partial charge on any atom is 0.281 e. The molecule has 6 nitrogen and oxygen atoms in total. The predicted molar refractivity (Wildman–Crippen MR) is 116 cm³/mol. The predicted octanol–water partition coefficient (Wildman–Crippen LogP) is 1.62. The van der Waals surface area contributed by atoms with Gasteiger partial charge in [-0.3, -0.25) is 14.6 Å². The molecule has 0 fully saturated rings. The number of thiol groups is 1. The number of hydrogen-bond donors (Lipinski definition) is 3. The number of amidine groups is 1. The molecule has 9 heteroatoms. The molecule has 0 spiro atoms. The van der Waals surface area contributed by atoms with Crippen molar-refractivity contribution in [3.05, 3.63) is 24.3 Å². The topological polar surface area (TPSA) is 77.8 Å². The first-order chi connectivity index (χ1) is 11.9. The summed E-state index contributed by atoms with van der Waals surface area (Å²) in [4.78, 5) is 6.06. The average molecular weight is 384 g/mol. The maximum absolute atomic E-state index is 11.9. The molecule has 0 aliphatic carbocycles. The molecule has 0 amide bonds. The molecule has 0 unspecified atom stereocenters. The summed E-state index contributed by atoms with van der Waals surface area (Å²) in [5, 5.41) is 10.7. The van der Waals surface area contributed by atoms with Crippen molar-refractivity contribution < 1.29 is 8.95 Å². The number of likely N-dealkylation sites (N-methyl/N-ethyl adjacent to an activating group) is 1. The van der Waals surface area contributed by atoms with Crippen LogP contribution in [0.5, 0.6) is 0 Å². The van der Waals surface area contributed by atoms with Crippen molar-refractivity contribution in [2.24, 2.45) is 4.99 Å². The number of rotatable bonds is 11. The van der Waals surface area contributed by atoms with Crippen molar-refractivity contribution in [1.82, 2.24) is 5.32 Å². The Labute approximate surface area is 156 Å². The van der Waals surface area contributed by atoms with Crippen LogP contribution in [0.2, 0.25) is 0 Å². The second-order valence-electron chi connectivity index (χ2n) is 5.63. The molecule has 0 heterocycles. The highest BCUT2D eigenvalue weighted by Crippen LogP contribution is 2.19.